The van der Waals surface area contributed by atoms with E-state index in [9.17, 15) is 4.79 Å². The van der Waals surface area contributed by atoms with Gasteiger partial charge in [-0.3, -0.25) is 18.7 Å². The number of aryl methyl sites for hydroxylation is 1. The third-order valence-electron chi connectivity index (χ3n) is 5.20. The van der Waals surface area contributed by atoms with Crippen LogP contribution in [0.15, 0.2) is 29.1 Å². The lowest BCUT2D eigenvalue weighted by Crippen LogP contribution is -2.32. The molecule has 1 aliphatic heterocycles. The second kappa shape index (κ2) is 7.32. The summed E-state index contributed by atoms with van der Waals surface area (Å²) in [5.41, 5.74) is 0.863. The number of unbranched alkanes of at least 4 members (excludes halogenated alkanes) is 1. The molecule has 0 amide bonds. The third-order valence-corrected chi connectivity index (χ3v) is 5.60. The minimum Gasteiger partial charge on any atom is -0.284 e. The largest absolute Gasteiger partial charge is 0.284 e. The quantitative estimate of drug-likeness (QED) is 0.645. The van der Waals surface area contributed by atoms with E-state index in [-0.39, 0.29) is 5.56 Å². The highest BCUT2D eigenvalue weighted by atomic mass is 32.1. The number of benzene rings is 1. The summed E-state index contributed by atoms with van der Waals surface area (Å²) in [4.78, 5) is 15.4. The molecule has 0 aliphatic carbocycles. The van der Waals surface area contributed by atoms with Gasteiger partial charge < -0.3 is 0 Å². The first kappa shape index (κ1) is 17.4. The lowest BCUT2D eigenvalue weighted by atomic mass is 10.1. The summed E-state index contributed by atoms with van der Waals surface area (Å²) in [5.74, 6) is 0.657. The number of para-hydroxylation sites is 1. The summed E-state index contributed by atoms with van der Waals surface area (Å²) in [6.45, 7) is 5.65. The van der Waals surface area contributed by atoms with Crippen LogP contribution in [0.4, 0.5) is 0 Å². The summed E-state index contributed by atoms with van der Waals surface area (Å²) in [6, 6.07) is 7.68. The minimum atomic E-state index is 0.0201. The molecule has 1 saturated heterocycles. The molecule has 0 bridgehead atoms. The molecular formula is C19H25N5OS. The van der Waals surface area contributed by atoms with E-state index >= 15 is 0 Å². The number of nitrogens with zero attached hydrogens (tertiary/aromatic N) is 5. The summed E-state index contributed by atoms with van der Waals surface area (Å²) < 4.78 is 6.29. The van der Waals surface area contributed by atoms with Crippen LogP contribution in [-0.4, -0.2) is 36.7 Å². The van der Waals surface area contributed by atoms with E-state index in [1.165, 1.54) is 19.3 Å². The normalized spacial score (nSPS) is 15.9. The molecule has 7 heteroatoms. The maximum absolute atomic E-state index is 13.0. The average molecular weight is 372 g/mol. The monoisotopic (exact) mass is 371 g/mol. The Kier molecular flexibility index (Phi) is 4.91. The van der Waals surface area contributed by atoms with Gasteiger partial charge in [0.05, 0.1) is 17.6 Å². The van der Waals surface area contributed by atoms with E-state index in [1.54, 1.807) is 4.57 Å². The van der Waals surface area contributed by atoms with E-state index in [2.05, 4.69) is 11.8 Å². The molecule has 3 aromatic rings. The lowest BCUT2D eigenvalue weighted by molar-refractivity contribution is 0.172. The Morgan fingerprint density at radius 1 is 1.15 bits per heavy atom. The van der Waals surface area contributed by atoms with Crippen molar-refractivity contribution in [3.05, 3.63) is 39.4 Å². The van der Waals surface area contributed by atoms with Crippen molar-refractivity contribution in [2.75, 3.05) is 13.1 Å². The SMILES string of the molecule is CCCCn1c(=O)c2ccccc2n2c(=S)n(CN3CCCCC3)nc12. The van der Waals surface area contributed by atoms with E-state index in [4.69, 9.17) is 17.3 Å². The van der Waals surface area contributed by atoms with Gasteiger partial charge >= 0.3 is 0 Å². The Morgan fingerprint density at radius 3 is 2.69 bits per heavy atom. The molecule has 2 aromatic heterocycles. The molecule has 1 fully saturated rings. The van der Waals surface area contributed by atoms with Crippen LogP contribution in [0.2, 0.25) is 0 Å². The second-order valence-corrected chi connectivity index (χ2v) is 7.43. The molecular weight excluding hydrogens is 346 g/mol. The first-order valence-electron chi connectivity index (χ1n) is 9.54. The Balaban J connectivity index is 1.91. The Bertz CT molecular complexity index is 1040. The maximum atomic E-state index is 13.0. The van der Waals surface area contributed by atoms with Gasteiger partial charge in [-0.25, -0.2) is 4.68 Å². The first-order chi connectivity index (χ1) is 12.7. The zero-order valence-electron chi connectivity index (χ0n) is 15.2. The summed E-state index contributed by atoms with van der Waals surface area (Å²) >= 11 is 5.76. The fraction of sp³-hybridized carbons (Fsp3) is 0.526. The number of hydrogen-bond donors (Lipinski definition) is 0. The van der Waals surface area contributed by atoms with Gasteiger partial charge in [0.2, 0.25) is 10.5 Å². The fourth-order valence-electron chi connectivity index (χ4n) is 3.77. The number of piperidine rings is 1. The first-order valence-corrected chi connectivity index (χ1v) is 9.95. The molecule has 0 atom stereocenters. The predicted octanol–water partition coefficient (Wildman–Crippen LogP) is 3.42. The summed E-state index contributed by atoms with van der Waals surface area (Å²) in [5, 5.41) is 5.47. The highest BCUT2D eigenvalue weighted by Crippen LogP contribution is 2.16. The standard InChI is InChI=1S/C19H25N5OS/c1-2-3-13-22-17(25)15-9-5-6-10-16(15)24-18(22)20-23(19(24)26)14-21-11-7-4-8-12-21/h5-6,9-10H,2-4,7-8,11-14H2,1H3. The van der Waals surface area contributed by atoms with Gasteiger partial charge in [0.1, 0.15) is 0 Å². The van der Waals surface area contributed by atoms with E-state index in [0.29, 0.717) is 29.1 Å². The van der Waals surface area contributed by atoms with Crippen LogP contribution in [0.25, 0.3) is 16.7 Å². The molecule has 1 aromatic carbocycles. The van der Waals surface area contributed by atoms with Gasteiger partial charge in [0.15, 0.2) is 0 Å². The van der Waals surface area contributed by atoms with Gasteiger partial charge in [0.25, 0.3) is 5.56 Å². The van der Waals surface area contributed by atoms with E-state index in [0.717, 1.165) is 31.4 Å². The van der Waals surface area contributed by atoms with Gasteiger partial charge in [-0.1, -0.05) is 31.9 Å². The molecule has 6 nitrogen and oxygen atoms in total. The zero-order valence-corrected chi connectivity index (χ0v) is 16.0. The van der Waals surface area contributed by atoms with Crippen LogP contribution in [0.5, 0.6) is 0 Å². The van der Waals surface area contributed by atoms with Crippen molar-refractivity contribution in [1.29, 1.82) is 0 Å². The number of aromatic nitrogens is 4. The molecule has 1 aliphatic rings. The van der Waals surface area contributed by atoms with E-state index < -0.39 is 0 Å². The van der Waals surface area contributed by atoms with Crippen molar-refractivity contribution in [2.45, 2.75) is 52.2 Å². The van der Waals surface area contributed by atoms with Crippen LogP contribution in [0, 0.1) is 4.77 Å². The molecule has 0 spiro atoms. The number of likely N-dealkylation sites (tertiary alicyclic amines) is 1. The van der Waals surface area contributed by atoms with Gasteiger partial charge in [-0.15, -0.1) is 5.10 Å². The van der Waals surface area contributed by atoms with Crippen molar-refractivity contribution in [3.63, 3.8) is 0 Å². The molecule has 4 rings (SSSR count). The molecule has 26 heavy (non-hydrogen) atoms. The van der Waals surface area contributed by atoms with Gasteiger partial charge in [0, 0.05) is 6.54 Å². The molecule has 0 N–H and O–H groups in total. The smallest absolute Gasteiger partial charge is 0.262 e. The third kappa shape index (κ3) is 2.99. The van der Waals surface area contributed by atoms with E-state index in [1.807, 2.05) is 33.3 Å². The topological polar surface area (TPSA) is 47.5 Å². The predicted molar refractivity (Wildman–Crippen MR) is 106 cm³/mol. The Morgan fingerprint density at radius 2 is 1.92 bits per heavy atom. The second-order valence-electron chi connectivity index (χ2n) is 7.07. The molecule has 138 valence electrons. The highest BCUT2D eigenvalue weighted by molar-refractivity contribution is 7.71. The molecule has 0 unspecified atom stereocenters. The van der Waals surface area contributed by atoms with Crippen LogP contribution in [-0.2, 0) is 13.2 Å². The van der Waals surface area contributed by atoms with Crippen LogP contribution < -0.4 is 5.56 Å². The van der Waals surface area contributed by atoms with Crippen LogP contribution in [0.1, 0.15) is 39.0 Å². The van der Waals surface area contributed by atoms with Crippen molar-refractivity contribution in [2.24, 2.45) is 0 Å². The van der Waals surface area contributed by atoms with Crippen molar-refractivity contribution < 1.29 is 0 Å². The number of rotatable bonds is 5. The number of hydrogen-bond acceptors (Lipinski definition) is 4. The molecule has 3 heterocycles. The summed E-state index contributed by atoms with van der Waals surface area (Å²) in [6.07, 6.45) is 5.73. The maximum Gasteiger partial charge on any atom is 0.262 e. The average Bonchev–Trinajstić information content (AvgIpc) is 2.99. The van der Waals surface area contributed by atoms with Crippen molar-refractivity contribution in [1.82, 2.24) is 23.6 Å². The van der Waals surface area contributed by atoms with Crippen LogP contribution in [0.3, 0.4) is 0 Å². The van der Waals surface area contributed by atoms with Crippen LogP contribution >= 0.6 is 12.2 Å². The zero-order chi connectivity index (χ0) is 18.1. The van der Waals surface area contributed by atoms with Crippen molar-refractivity contribution >= 4 is 28.9 Å². The highest BCUT2D eigenvalue weighted by Gasteiger charge is 2.17. The minimum absolute atomic E-state index is 0.0201. The number of fused-ring (bicyclic) bond motifs is 3. The lowest BCUT2D eigenvalue weighted by Gasteiger charge is -2.25. The Hall–Kier alpha value is -1.99. The Labute approximate surface area is 157 Å². The summed E-state index contributed by atoms with van der Waals surface area (Å²) in [7, 11) is 0. The van der Waals surface area contributed by atoms with Crippen molar-refractivity contribution in [3.8, 4) is 0 Å². The van der Waals surface area contributed by atoms with Gasteiger partial charge in [-0.05, 0) is 56.7 Å². The van der Waals surface area contributed by atoms with Gasteiger partial charge in [-0.2, -0.15) is 0 Å². The fourth-order valence-corrected chi connectivity index (χ4v) is 4.05. The molecule has 0 saturated carbocycles. The molecule has 0 radical (unpaired) electrons.